The molecule has 0 aromatic rings. The minimum atomic E-state index is 0.0959. The smallest absolute Gasteiger partial charge is 0.157 e. The summed E-state index contributed by atoms with van der Waals surface area (Å²) in [7, 11) is 0. The van der Waals surface area contributed by atoms with Crippen LogP contribution in [0.25, 0.3) is 0 Å². The molecule has 1 saturated heterocycles. The van der Waals surface area contributed by atoms with Gasteiger partial charge in [-0.05, 0) is 38.5 Å². The molecule has 1 atom stereocenters. The molecular weight excluding hydrogens is 236 g/mol. The number of allylic oxidation sites excluding steroid dienone is 1. The number of unbranched alkanes of at least 4 members (excludes halogenated alkanes) is 8. The van der Waals surface area contributed by atoms with Gasteiger partial charge in [0.15, 0.2) is 6.29 Å². The van der Waals surface area contributed by atoms with E-state index in [0.717, 1.165) is 19.6 Å². The van der Waals surface area contributed by atoms with E-state index in [1.54, 1.807) is 0 Å². The van der Waals surface area contributed by atoms with E-state index >= 15 is 0 Å². The quantitative estimate of drug-likeness (QED) is 0.356. The van der Waals surface area contributed by atoms with Gasteiger partial charge in [0.25, 0.3) is 0 Å². The van der Waals surface area contributed by atoms with Crippen LogP contribution in [0.3, 0.4) is 0 Å². The number of hydrogen-bond donors (Lipinski definition) is 0. The predicted molar refractivity (Wildman–Crippen MR) is 81.3 cm³/mol. The fraction of sp³-hybridized carbons (Fsp3) is 0.882. The molecule has 0 amide bonds. The second kappa shape index (κ2) is 12.7. The topological polar surface area (TPSA) is 18.5 Å². The van der Waals surface area contributed by atoms with E-state index in [2.05, 4.69) is 6.58 Å². The molecule has 0 saturated carbocycles. The van der Waals surface area contributed by atoms with E-state index in [1.165, 1.54) is 70.6 Å². The van der Waals surface area contributed by atoms with Gasteiger partial charge in [0.05, 0.1) is 0 Å². The van der Waals surface area contributed by atoms with Gasteiger partial charge in [-0.3, -0.25) is 0 Å². The highest BCUT2D eigenvalue weighted by atomic mass is 16.7. The lowest BCUT2D eigenvalue weighted by Gasteiger charge is -2.22. The van der Waals surface area contributed by atoms with Crippen LogP contribution in [-0.2, 0) is 9.47 Å². The Morgan fingerprint density at radius 2 is 1.63 bits per heavy atom. The molecule has 0 spiro atoms. The first-order valence-electron chi connectivity index (χ1n) is 8.27. The number of rotatable bonds is 12. The molecule has 112 valence electrons. The Balaban J connectivity index is 1.72. The zero-order chi connectivity index (χ0) is 13.6. The summed E-state index contributed by atoms with van der Waals surface area (Å²) in [6, 6.07) is 0. The van der Waals surface area contributed by atoms with Gasteiger partial charge >= 0.3 is 0 Å². The maximum absolute atomic E-state index is 5.72. The van der Waals surface area contributed by atoms with Crippen LogP contribution in [0.2, 0.25) is 0 Å². The third-order valence-corrected chi connectivity index (χ3v) is 3.74. The molecule has 2 nitrogen and oxygen atoms in total. The summed E-state index contributed by atoms with van der Waals surface area (Å²) in [4.78, 5) is 0. The molecule has 19 heavy (non-hydrogen) atoms. The van der Waals surface area contributed by atoms with Gasteiger partial charge in [-0.25, -0.2) is 0 Å². The van der Waals surface area contributed by atoms with Crippen molar-refractivity contribution in [3.63, 3.8) is 0 Å². The summed E-state index contributed by atoms with van der Waals surface area (Å²) >= 11 is 0. The summed E-state index contributed by atoms with van der Waals surface area (Å²) in [5, 5.41) is 0. The number of hydrogen-bond acceptors (Lipinski definition) is 2. The molecule has 0 aromatic carbocycles. The first-order valence-corrected chi connectivity index (χ1v) is 8.27. The standard InChI is InChI=1S/C17H32O2/c1-2-3-4-5-6-7-8-9-10-12-15-18-17-14-11-13-16-19-17/h2,17H,1,3-16H2. The molecule has 0 bridgehead atoms. The van der Waals surface area contributed by atoms with Gasteiger partial charge in [-0.15, -0.1) is 6.58 Å². The highest BCUT2D eigenvalue weighted by Gasteiger charge is 2.13. The lowest BCUT2D eigenvalue weighted by molar-refractivity contribution is -0.162. The SMILES string of the molecule is C=CCCCCCCCCCCOC1CCCCO1. The van der Waals surface area contributed by atoms with Crippen molar-refractivity contribution in [3.8, 4) is 0 Å². The Bertz CT molecular complexity index is 197. The van der Waals surface area contributed by atoms with Gasteiger partial charge in [0.2, 0.25) is 0 Å². The van der Waals surface area contributed by atoms with E-state index in [1.807, 2.05) is 6.08 Å². The van der Waals surface area contributed by atoms with Gasteiger partial charge in [-0.2, -0.15) is 0 Å². The molecular formula is C17H32O2. The second-order valence-corrected chi connectivity index (χ2v) is 5.57. The maximum Gasteiger partial charge on any atom is 0.157 e. The Morgan fingerprint density at radius 3 is 2.26 bits per heavy atom. The van der Waals surface area contributed by atoms with Gasteiger partial charge in [-0.1, -0.05) is 44.6 Å². The molecule has 1 unspecified atom stereocenters. The van der Waals surface area contributed by atoms with E-state index in [-0.39, 0.29) is 6.29 Å². The average Bonchev–Trinajstić information content (AvgIpc) is 2.46. The summed E-state index contributed by atoms with van der Waals surface area (Å²) in [5.41, 5.74) is 0. The zero-order valence-corrected chi connectivity index (χ0v) is 12.6. The van der Waals surface area contributed by atoms with Gasteiger partial charge in [0.1, 0.15) is 0 Å². The molecule has 0 radical (unpaired) electrons. The maximum atomic E-state index is 5.72. The largest absolute Gasteiger partial charge is 0.353 e. The van der Waals surface area contributed by atoms with Crippen molar-refractivity contribution in [2.75, 3.05) is 13.2 Å². The first-order chi connectivity index (χ1) is 9.43. The van der Waals surface area contributed by atoms with Gasteiger partial charge < -0.3 is 9.47 Å². The zero-order valence-electron chi connectivity index (χ0n) is 12.6. The highest BCUT2D eigenvalue weighted by molar-refractivity contribution is 4.65. The van der Waals surface area contributed by atoms with Crippen LogP contribution >= 0.6 is 0 Å². The van der Waals surface area contributed by atoms with Crippen molar-refractivity contribution in [3.05, 3.63) is 12.7 Å². The van der Waals surface area contributed by atoms with Crippen molar-refractivity contribution >= 4 is 0 Å². The third-order valence-electron chi connectivity index (χ3n) is 3.74. The molecule has 0 aliphatic carbocycles. The Morgan fingerprint density at radius 1 is 0.947 bits per heavy atom. The summed E-state index contributed by atoms with van der Waals surface area (Å²) < 4.78 is 11.3. The fourth-order valence-corrected chi connectivity index (χ4v) is 2.51. The predicted octanol–water partition coefficient (Wildman–Crippen LogP) is 5.23. The Labute approximate surface area is 119 Å². The molecule has 1 aliphatic rings. The highest BCUT2D eigenvalue weighted by Crippen LogP contribution is 2.15. The van der Waals surface area contributed by atoms with Crippen molar-refractivity contribution in [2.24, 2.45) is 0 Å². The van der Waals surface area contributed by atoms with Crippen LogP contribution in [0, 0.1) is 0 Å². The van der Waals surface area contributed by atoms with Crippen molar-refractivity contribution < 1.29 is 9.47 Å². The summed E-state index contributed by atoms with van der Waals surface area (Å²) in [5.74, 6) is 0. The van der Waals surface area contributed by atoms with E-state index in [4.69, 9.17) is 9.47 Å². The van der Waals surface area contributed by atoms with Crippen LogP contribution < -0.4 is 0 Å². The van der Waals surface area contributed by atoms with Crippen LogP contribution in [0.4, 0.5) is 0 Å². The fourth-order valence-electron chi connectivity index (χ4n) is 2.51. The summed E-state index contributed by atoms with van der Waals surface area (Å²) in [6.45, 7) is 5.51. The van der Waals surface area contributed by atoms with E-state index in [9.17, 15) is 0 Å². The molecule has 0 N–H and O–H groups in total. The molecule has 1 rings (SSSR count). The molecule has 1 aliphatic heterocycles. The third kappa shape index (κ3) is 10.1. The number of ether oxygens (including phenoxy) is 2. The molecule has 0 aromatic heterocycles. The Kier molecular flexibility index (Phi) is 11.2. The second-order valence-electron chi connectivity index (χ2n) is 5.57. The monoisotopic (exact) mass is 268 g/mol. The van der Waals surface area contributed by atoms with Crippen LogP contribution in [0.1, 0.15) is 77.0 Å². The normalized spacial score (nSPS) is 19.5. The average molecular weight is 268 g/mol. The van der Waals surface area contributed by atoms with E-state index in [0.29, 0.717) is 0 Å². The van der Waals surface area contributed by atoms with Crippen molar-refractivity contribution in [2.45, 2.75) is 83.3 Å². The lowest BCUT2D eigenvalue weighted by Crippen LogP contribution is -2.22. The van der Waals surface area contributed by atoms with Crippen molar-refractivity contribution in [1.29, 1.82) is 0 Å². The molecule has 1 heterocycles. The van der Waals surface area contributed by atoms with Gasteiger partial charge in [0, 0.05) is 13.2 Å². The van der Waals surface area contributed by atoms with Crippen LogP contribution in [0.5, 0.6) is 0 Å². The van der Waals surface area contributed by atoms with Crippen LogP contribution in [0.15, 0.2) is 12.7 Å². The first kappa shape index (κ1) is 16.7. The summed E-state index contributed by atoms with van der Waals surface area (Å²) in [6.07, 6.45) is 17.6. The van der Waals surface area contributed by atoms with Crippen LogP contribution in [-0.4, -0.2) is 19.5 Å². The minimum Gasteiger partial charge on any atom is -0.353 e. The van der Waals surface area contributed by atoms with E-state index < -0.39 is 0 Å². The molecule has 2 heteroatoms. The minimum absolute atomic E-state index is 0.0959. The molecule has 1 fully saturated rings. The lowest BCUT2D eigenvalue weighted by atomic mass is 10.1. The van der Waals surface area contributed by atoms with Crippen molar-refractivity contribution in [1.82, 2.24) is 0 Å². The Hall–Kier alpha value is -0.340.